The number of aliphatic hydroxyl groups excluding tert-OH is 1. The molecule has 1 aliphatic heterocycles. The molecule has 4 atom stereocenters. The van der Waals surface area contributed by atoms with Crippen molar-refractivity contribution in [3.63, 3.8) is 0 Å². The number of aliphatic hydroxyl groups is 1. The van der Waals surface area contributed by atoms with Gasteiger partial charge in [0, 0.05) is 10.8 Å². The molecule has 1 heterocycles. The van der Waals surface area contributed by atoms with E-state index in [0.29, 0.717) is 10.8 Å². The summed E-state index contributed by atoms with van der Waals surface area (Å²) in [5, 5.41) is 14.9. The quantitative estimate of drug-likeness (QED) is 0.292. The molecule has 8 nitrogen and oxygen atoms in total. The lowest BCUT2D eigenvalue weighted by Crippen LogP contribution is -2.57. The zero-order valence-electron chi connectivity index (χ0n) is 16.8. The molecule has 1 fully saturated rings. The summed E-state index contributed by atoms with van der Waals surface area (Å²) in [5.41, 5.74) is -1.15. The van der Waals surface area contributed by atoms with Crippen LogP contribution in [0.15, 0.2) is 0 Å². The van der Waals surface area contributed by atoms with Crippen LogP contribution >= 0.6 is 22.6 Å². The van der Waals surface area contributed by atoms with E-state index in [-0.39, 0.29) is 12.7 Å². The summed E-state index contributed by atoms with van der Waals surface area (Å²) < 4.78 is 11.1. The van der Waals surface area contributed by atoms with Gasteiger partial charge >= 0.3 is 12.1 Å². The van der Waals surface area contributed by atoms with Gasteiger partial charge in [-0.1, -0.05) is 43.4 Å². The Morgan fingerprint density at radius 3 is 2.26 bits per heavy atom. The number of ether oxygens (including phenoxy) is 2. The van der Waals surface area contributed by atoms with Crippen LogP contribution in [-0.2, 0) is 19.1 Å². The third kappa shape index (κ3) is 7.44. The van der Waals surface area contributed by atoms with Gasteiger partial charge in [-0.3, -0.25) is 9.59 Å². The number of hydrogen-bond acceptors (Lipinski definition) is 6. The maximum atomic E-state index is 12.9. The number of alkyl carbamates (subject to hydrolysis) is 1. The summed E-state index contributed by atoms with van der Waals surface area (Å²) >= 11 is 2.11. The maximum absolute atomic E-state index is 12.9. The Morgan fingerprint density at radius 2 is 1.85 bits per heavy atom. The van der Waals surface area contributed by atoms with Crippen LogP contribution in [0.1, 0.15) is 48.0 Å². The molecule has 0 aliphatic carbocycles. The van der Waals surface area contributed by atoms with Crippen molar-refractivity contribution in [1.29, 1.82) is 0 Å². The van der Waals surface area contributed by atoms with Gasteiger partial charge < -0.3 is 25.2 Å². The van der Waals surface area contributed by atoms with Crippen molar-refractivity contribution in [2.75, 3.05) is 11.0 Å². The van der Waals surface area contributed by atoms with E-state index >= 15 is 0 Å². The Labute approximate surface area is 174 Å². The van der Waals surface area contributed by atoms with Gasteiger partial charge in [-0.15, -0.1) is 0 Å². The first kappa shape index (κ1) is 23.9. The van der Waals surface area contributed by atoms with E-state index in [1.54, 1.807) is 20.8 Å². The van der Waals surface area contributed by atoms with Crippen molar-refractivity contribution < 1.29 is 29.0 Å². The van der Waals surface area contributed by atoms with E-state index in [1.807, 2.05) is 20.8 Å². The number of nitrogens with one attached hydrogen (secondary N) is 2. The van der Waals surface area contributed by atoms with Crippen LogP contribution in [0.3, 0.4) is 0 Å². The molecule has 0 saturated carbocycles. The fraction of sp³-hybridized carbons (Fsp3) is 0.833. The highest BCUT2D eigenvalue weighted by Gasteiger charge is 2.44. The van der Waals surface area contributed by atoms with Gasteiger partial charge in [0.25, 0.3) is 0 Å². The van der Waals surface area contributed by atoms with Crippen LogP contribution in [0.5, 0.6) is 0 Å². The molecule has 0 aromatic heterocycles. The number of carbonyl (C=O) groups excluding carboxylic acids is 3. The Morgan fingerprint density at radius 1 is 1.26 bits per heavy atom. The average molecular weight is 498 g/mol. The summed E-state index contributed by atoms with van der Waals surface area (Å²) in [4.78, 5) is 37.4. The summed E-state index contributed by atoms with van der Waals surface area (Å²) in [6.07, 6.45) is -0.755. The summed E-state index contributed by atoms with van der Waals surface area (Å²) in [7, 11) is 0. The second kappa shape index (κ2) is 9.40. The summed E-state index contributed by atoms with van der Waals surface area (Å²) in [6.45, 7) is 10.5. The van der Waals surface area contributed by atoms with Gasteiger partial charge in [0.15, 0.2) is 0 Å². The standard InChI is InChI=1S/C18H31IN2O6/c1-17(2,3)12(9-22)20-14(23)13(21-16(25)27-18(4,5)6)11-7-10(8-19)26-15(11)24/h10-13,22H,7-9H2,1-6H3,(H,20,23)(H,21,25). The molecule has 4 unspecified atom stereocenters. The minimum Gasteiger partial charge on any atom is -0.461 e. The number of esters is 1. The van der Waals surface area contributed by atoms with Gasteiger partial charge in [0.1, 0.15) is 17.7 Å². The van der Waals surface area contributed by atoms with Crippen molar-refractivity contribution in [1.82, 2.24) is 10.6 Å². The Bertz CT molecular complexity index is 555. The number of alkyl halides is 1. The normalized spacial score (nSPS) is 22.6. The molecule has 0 aromatic rings. The molecule has 3 N–H and O–H groups in total. The van der Waals surface area contributed by atoms with E-state index in [9.17, 15) is 19.5 Å². The minimum atomic E-state index is -1.14. The second-order valence-corrected chi connectivity index (χ2v) is 9.67. The molecule has 27 heavy (non-hydrogen) atoms. The SMILES string of the molecule is CC(C)(C)OC(=O)NC(C(=O)NC(CO)C(C)(C)C)C1CC(CI)OC1=O. The number of carbonyl (C=O) groups is 3. The fourth-order valence-corrected chi connectivity index (χ4v) is 3.17. The number of cyclic esters (lactones) is 1. The number of halogens is 1. The molecule has 9 heteroatoms. The van der Waals surface area contributed by atoms with E-state index in [2.05, 4.69) is 33.2 Å². The Balaban J connectivity index is 3.01. The van der Waals surface area contributed by atoms with E-state index in [1.165, 1.54) is 0 Å². The lowest BCUT2D eigenvalue weighted by Gasteiger charge is -2.32. The molecule has 2 amide bonds. The third-order valence-corrected chi connectivity index (χ3v) is 5.16. The van der Waals surface area contributed by atoms with Crippen molar-refractivity contribution >= 4 is 40.6 Å². The smallest absolute Gasteiger partial charge is 0.408 e. The monoisotopic (exact) mass is 498 g/mol. The second-order valence-electron chi connectivity index (χ2n) is 8.79. The largest absolute Gasteiger partial charge is 0.461 e. The molecule has 1 saturated heterocycles. The van der Waals surface area contributed by atoms with Gasteiger partial charge in [-0.2, -0.15) is 0 Å². The Hall–Kier alpha value is -1.10. The first-order valence-corrected chi connectivity index (χ1v) is 10.5. The highest BCUT2D eigenvalue weighted by atomic mass is 127. The van der Waals surface area contributed by atoms with Crippen LogP contribution in [0.2, 0.25) is 0 Å². The fourth-order valence-electron chi connectivity index (χ4n) is 2.63. The number of hydrogen-bond donors (Lipinski definition) is 3. The average Bonchev–Trinajstić information content (AvgIpc) is 2.88. The molecule has 0 bridgehead atoms. The molecule has 156 valence electrons. The van der Waals surface area contributed by atoms with Crippen LogP contribution in [0, 0.1) is 11.3 Å². The highest BCUT2D eigenvalue weighted by Crippen LogP contribution is 2.27. The van der Waals surface area contributed by atoms with Crippen molar-refractivity contribution in [3.8, 4) is 0 Å². The zero-order valence-corrected chi connectivity index (χ0v) is 19.0. The van der Waals surface area contributed by atoms with E-state index in [4.69, 9.17) is 9.47 Å². The van der Waals surface area contributed by atoms with Crippen LogP contribution in [-0.4, -0.2) is 57.9 Å². The molecular weight excluding hydrogens is 467 g/mol. The maximum Gasteiger partial charge on any atom is 0.408 e. The highest BCUT2D eigenvalue weighted by molar-refractivity contribution is 14.1. The summed E-state index contributed by atoms with van der Waals surface area (Å²) in [6, 6.07) is -1.68. The zero-order chi connectivity index (χ0) is 21.0. The van der Waals surface area contributed by atoms with Gasteiger partial charge in [-0.25, -0.2) is 4.79 Å². The van der Waals surface area contributed by atoms with E-state index in [0.717, 1.165) is 0 Å². The molecular formula is C18H31IN2O6. The molecule has 0 radical (unpaired) electrons. The third-order valence-electron chi connectivity index (χ3n) is 4.18. The lowest BCUT2D eigenvalue weighted by molar-refractivity contribution is -0.146. The van der Waals surface area contributed by atoms with Gasteiger partial charge in [0.05, 0.1) is 18.6 Å². The Kier molecular flexibility index (Phi) is 8.33. The van der Waals surface area contributed by atoms with Crippen molar-refractivity contribution in [2.45, 2.75) is 71.8 Å². The van der Waals surface area contributed by atoms with Crippen molar-refractivity contribution in [3.05, 3.63) is 0 Å². The van der Waals surface area contributed by atoms with Crippen molar-refractivity contribution in [2.24, 2.45) is 11.3 Å². The first-order chi connectivity index (χ1) is 12.3. The van der Waals surface area contributed by atoms with Crippen LogP contribution in [0.4, 0.5) is 4.79 Å². The molecule has 1 rings (SSSR count). The van der Waals surface area contributed by atoms with Gasteiger partial charge in [0.2, 0.25) is 5.91 Å². The van der Waals surface area contributed by atoms with E-state index < -0.39 is 47.0 Å². The lowest BCUT2D eigenvalue weighted by atomic mass is 9.86. The summed E-state index contributed by atoms with van der Waals surface area (Å²) in [5.74, 6) is -1.88. The van der Waals surface area contributed by atoms with Crippen LogP contribution < -0.4 is 10.6 Å². The predicted molar refractivity (Wildman–Crippen MR) is 109 cm³/mol. The molecule has 1 aliphatic rings. The topological polar surface area (TPSA) is 114 Å². The van der Waals surface area contributed by atoms with Gasteiger partial charge in [-0.05, 0) is 26.2 Å². The number of amides is 2. The first-order valence-electron chi connectivity index (χ1n) is 8.95. The minimum absolute atomic E-state index is 0.264. The van der Waals surface area contributed by atoms with Crippen LogP contribution in [0.25, 0.3) is 0 Å². The molecule has 0 aromatic carbocycles. The number of rotatable bonds is 6. The molecule has 0 spiro atoms. The predicted octanol–water partition coefficient (Wildman–Crippen LogP) is 1.77.